The summed E-state index contributed by atoms with van der Waals surface area (Å²) in [6, 6.07) is 0. The molecule has 6 nitrogen and oxygen atoms in total. The molecule has 1 heterocycles. The first-order valence-corrected chi connectivity index (χ1v) is 8.08. The van der Waals surface area contributed by atoms with Gasteiger partial charge in [-0.2, -0.15) is 0 Å². The molecule has 0 bridgehead atoms. The van der Waals surface area contributed by atoms with Gasteiger partial charge in [0.05, 0.1) is 27.6 Å². The van der Waals surface area contributed by atoms with Gasteiger partial charge in [0.15, 0.2) is 0 Å². The topological polar surface area (TPSA) is 101 Å². The molecule has 106 valence electrons. The Morgan fingerprint density at radius 2 is 2.37 bits per heavy atom. The lowest BCUT2D eigenvalue weighted by Gasteiger charge is -2.43. The van der Waals surface area contributed by atoms with E-state index in [2.05, 4.69) is 14.2 Å². The number of Topliss-reactive ketones (excluding diaryl/α,β-unsaturated/α-hetero) is 1. The third-order valence-corrected chi connectivity index (χ3v) is 6.70. The van der Waals surface area contributed by atoms with Crippen LogP contribution in [0.25, 0.3) is 0 Å². The van der Waals surface area contributed by atoms with Crippen LogP contribution < -0.4 is 5.73 Å². The van der Waals surface area contributed by atoms with Crippen molar-refractivity contribution in [3.8, 4) is 0 Å². The molecule has 8 heteroatoms. The van der Waals surface area contributed by atoms with Crippen molar-refractivity contribution in [3.63, 3.8) is 0 Å². The van der Waals surface area contributed by atoms with Crippen molar-refractivity contribution in [2.24, 2.45) is 11.7 Å². The largest absolute Gasteiger partial charge is 0.377 e. The Bertz CT molecular complexity index is 438. The van der Waals surface area contributed by atoms with E-state index in [-0.39, 0.29) is 30.4 Å². The van der Waals surface area contributed by atoms with E-state index in [1.807, 2.05) is 0 Å². The standard InChI is InChI=1S/C11H19N3O3P2/c12-5-9(15)8-1-2-10(8)19(17)11(16,18)6-14-4-3-13-7-14/h3-4,7-8,10,16-17H,1-2,5-6,12,18H2/t8?,10?,11?,19-/m1/s1. The maximum Gasteiger partial charge on any atom is 0.150 e. The van der Waals surface area contributed by atoms with Gasteiger partial charge < -0.3 is 20.3 Å². The van der Waals surface area contributed by atoms with Gasteiger partial charge in [-0.3, -0.25) is 4.79 Å². The maximum atomic E-state index is 11.6. The SMILES string of the molecule is NCC(=O)C1CCC1[P@@](O)C(O)(P)Cn1ccnc1. The Balaban J connectivity index is 2.01. The van der Waals surface area contributed by atoms with Gasteiger partial charge in [0.2, 0.25) is 0 Å². The number of carbonyl (C=O) groups excluding carboxylic acids is 1. The molecule has 1 fully saturated rings. The first-order chi connectivity index (χ1) is 8.95. The predicted octanol–water partition coefficient (Wildman–Crippen LogP) is 0.0999. The normalized spacial score (nSPS) is 27.4. The fourth-order valence-corrected chi connectivity index (χ4v) is 5.03. The van der Waals surface area contributed by atoms with E-state index in [1.165, 1.54) is 0 Å². The Labute approximate surface area is 115 Å². The van der Waals surface area contributed by atoms with E-state index < -0.39 is 13.2 Å². The molecular formula is C11H19N3O3P2. The monoisotopic (exact) mass is 303 g/mol. The molecule has 5 atom stereocenters. The number of nitrogens with two attached hydrogens (primary N) is 1. The Morgan fingerprint density at radius 3 is 2.84 bits per heavy atom. The zero-order valence-electron chi connectivity index (χ0n) is 10.5. The Kier molecular flexibility index (Phi) is 4.70. The van der Waals surface area contributed by atoms with Crippen molar-refractivity contribution in [2.45, 2.75) is 30.1 Å². The molecule has 1 aromatic rings. The number of rotatable bonds is 6. The van der Waals surface area contributed by atoms with Crippen molar-refractivity contribution in [1.29, 1.82) is 0 Å². The van der Waals surface area contributed by atoms with Gasteiger partial charge in [-0.05, 0) is 12.8 Å². The van der Waals surface area contributed by atoms with Gasteiger partial charge in [0, 0.05) is 24.0 Å². The lowest BCUT2D eigenvalue weighted by Crippen LogP contribution is -2.43. The molecule has 0 aliphatic heterocycles. The van der Waals surface area contributed by atoms with E-state index in [1.54, 1.807) is 23.3 Å². The molecule has 1 aromatic heterocycles. The molecule has 1 aliphatic carbocycles. The van der Waals surface area contributed by atoms with Crippen molar-refractivity contribution in [2.75, 3.05) is 6.54 Å². The number of hydrogen-bond acceptors (Lipinski definition) is 5. The van der Waals surface area contributed by atoms with Crippen LogP contribution in [-0.2, 0) is 11.3 Å². The van der Waals surface area contributed by atoms with E-state index in [4.69, 9.17) is 5.73 Å². The molecule has 4 unspecified atom stereocenters. The third kappa shape index (κ3) is 3.21. The number of nitrogens with zero attached hydrogens (tertiary/aromatic N) is 2. The fraction of sp³-hybridized carbons (Fsp3) is 0.636. The van der Waals surface area contributed by atoms with E-state index in [0.717, 1.165) is 12.8 Å². The van der Waals surface area contributed by atoms with Gasteiger partial charge in [-0.1, -0.05) is 9.24 Å². The lowest BCUT2D eigenvalue weighted by molar-refractivity contribution is -0.123. The number of ketones is 1. The van der Waals surface area contributed by atoms with Crippen LogP contribution in [0.5, 0.6) is 0 Å². The average molecular weight is 303 g/mol. The van der Waals surface area contributed by atoms with Gasteiger partial charge in [-0.25, -0.2) is 4.98 Å². The second-order valence-corrected chi connectivity index (χ2v) is 8.45. The van der Waals surface area contributed by atoms with Crippen LogP contribution in [0.15, 0.2) is 18.7 Å². The van der Waals surface area contributed by atoms with Crippen molar-refractivity contribution < 1.29 is 14.8 Å². The zero-order valence-corrected chi connectivity index (χ0v) is 12.6. The van der Waals surface area contributed by atoms with Crippen molar-refractivity contribution in [1.82, 2.24) is 9.55 Å². The van der Waals surface area contributed by atoms with Crippen LogP contribution in [0, 0.1) is 5.92 Å². The van der Waals surface area contributed by atoms with Crippen LogP contribution in [0.2, 0.25) is 0 Å². The van der Waals surface area contributed by atoms with Gasteiger partial charge in [0.25, 0.3) is 0 Å². The lowest BCUT2D eigenvalue weighted by atomic mass is 9.81. The average Bonchev–Trinajstić information content (AvgIpc) is 2.79. The number of carbonyl (C=O) groups is 1. The highest BCUT2D eigenvalue weighted by atomic mass is 31.2. The number of aliphatic hydroxyl groups is 1. The molecule has 0 spiro atoms. The number of hydrogen-bond donors (Lipinski definition) is 3. The summed E-state index contributed by atoms with van der Waals surface area (Å²) in [5.41, 5.74) is 5.20. The molecule has 1 saturated carbocycles. The number of aromatic nitrogens is 2. The minimum absolute atomic E-state index is 0.00114. The summed E-state index contributed by atoms with van der Waals surface area (Å²) >= 11 is 0. The quantitative estimate of drug-likeness (QED) is 0.647. The predicted molar refractivity (Wildman–Crippen MR) is 76.6 cm³/mol. The highest BCUT2D eigenvalue weighted by molar-refractivity contribution is 7.62. The third-order valence-electron chi connectivity index (χ3n) is 3.54. The van der Waals surface area contributed by atoms with Gasteiger partial charge in [-0.15, -0.1) is 0 Å². The minimum Gasteiger partial charge on any atom is -0.377 e. The molecule has 4 N–H and O–H groups in total. The summed E-state index contributed by atoms with van der Waals surface area (Å²) in [6.45, 7) is 0.237. The van der Waals surface area contributed by atoms with Crippen LogP contribution in [0.3, 0.4) is 0 Å². The van der Waals surface area contributed by atoms with Crippen LogP contribution in [-0.4, -0.2) is 42.6 Å². The van der Waals surface area contributed by atoms with E-state index in [9.17, 15) is 14.8 Å². The molecule has 1 aliphatic rings. The van der Waals surface area contributed by atoms with Crippen LogP contribution >= 0.6 is 17.4 Å². The minimum atomic E-state index is -1.69. The molecule has 0 amide bonds. The van der Waals surface area contributed by atoms with Crippen LogP contribution in [0.1, 0.15) is 12.8 Å². The highest BCUT2D eigenvalue weighted by Crippen LogP contribution is 2.60. The van der Waals surface area contributed by atoms with Crippen LogP contribution in [0.4, 0.5) is 0 Å². The zero-order chi connectivity index (χ0) is 14.0. The first kappa shape index (κ1) is 15.0. The van der Waals surface area contributed by atoms with Gasteiger partial charge >= 0.3 is 0 Å². The Morgan fingerprint density at radius 1 is 1.63 bits per heavy atom. The summed E-state index contributed by atoms with van der Waals surface area (Å²) in [7, 11) is 0.624. The summed E-state index contributed by atoms with van der Waals surface area (Å²) in [4.78, 5) is 25.9. The molecule has 0 aromatic carbocycles. The fourth-order valence-electron chi connectivity index (χ4n) is 2.31. The maximum absolute atomic E-state index is 11.6. The summed E-state index contributed by atoms with van der Waals surface area (Å²) in [6.07, 6.45) is 6.44. The second kappa shape index (κ2) is 5.94. The van der Waals surface area contributed by atoms with E-state index in [0.29, 0.717) is 0 Å². The first-order valence-electron chi connectivity index (χ1n) is 6.13. The van der Waals surface area contributed by atoms with Crippen molar-refractivity contribution >= 4 is 23.2 Å². The van der Waals surface area contributed by atoms with Gasteiger partial charge in [0.1, 0.15) is 10.9 Å². The highest BCUT2D eigenvalue weighted by Gasteiger charge is 2.47. The van der Waals surface area contributed by atoms with Crippen molar-refractivity contribution in [3.05, 3.63) is 18.7 Å². The second-order valence-electron chi connectivity index (χ2n) is 4.88. The summed E-state index contributed by atoms with van der Waals surface area (Å²) in [5, 5.41) is 9.10. The molecule has 0 radical (unpaired) electrons. The number of imidazole rings is 1. The smallest absolute Gasteiger partial charge is 0.150 e. The summed E-state index contributed by atoms with van der Waals surface area (Å²) < 4.78 is 1.71. The molecule has 0 saturated heterocycles. The molecule has 2 rings (SSSR count). The summed E-state index contributed by atoms with van der Waals surface area (Å²) in [5.74, 6) is -0.225. The van der Waals surface area contributed by atoms with E-state index >= 15 is 0 Å². The molecular weight excluding hydrogens is 284 g/mol. The Hall–Kier alpha value is -0.380. The molecule has 19 heavy (non-hydrogen) atoms.